The molecule has 2 aliphatic rings. The Balaban J connectivity index is 1.88. The van der Waals surface area contributed by atoms with Crippen molar-refractivity contribution in [1.82, 2.24) is 15.3 Å². The van der Waals surface area contributed by atoms with Crippen LogP contribution in [0.15, 0.2) is 55.4 Å². The zero-order valence-corrected chi connectivity index (χ0v) is 10.8. The Morgan fingerprint density at radius 2 is 1.95 bits per heavy atom. The van der Waals surface area contributed by atoms with Gasteiger partial charge in [-0.2, -0.15) is 5.43 Å². The van der Waals surface area contributed by atoms with Crippen LogP contribution < -0.4 is 10.3 Å². The molecule has 6 nitrogen and oxygen atoms in total. The highest BCUT2D eigenvalue weighted by molar-refractivity contribution is 6.02. The molecule has 2 heterocycles. The summed E-state index contributed by atoms with van der Waals surface area (Å²) < 4.78 is 0. The molecule has 1 N–H and O–H groups in total. The van der Waals surface area contributed by atoms with Crippen LogP contribution in [-0.2, 0) is 4.79 Å². The molecule has 0 aliphatic carbocycles. The number of anilines is 1. The van der Waals surface area contributed by atoms with Crippen molar-refractivity contribution in [2.24, 2.45) is 0 Å². The summed E-state index contributed by atoms with van der Waals surface area (Å²) in [7, 11) is 0. The Morgan fingerprint density at radius 1 is 1.20 bits per heavy atom. The molecule has 2 aliphatic heterocycles. The van der Waals surface area contributed by atoms with Crippen molar-refractivity contribution in [1.29, 1.82) is 0 Å². The lowest BCUT2D eigenvalue weighted by Gasteiger charge is -2.29. The molecule has 1 saturated heterocycles. The van der Waals surface area contributed by atoms with E-state index in [4.69, 9.17) is 0 Å². The number of rotatable bonds is 3. The van der Waals surface area contributed by atoms with E-state index < -0.39 is 6.17 Å². The van der Waals surface area contributed by atoms with E-state index in [0.717, 1.165) is 5.69 Å². The van der Waals surface area contributed by atoms with Crippen molar-refractivity contribution in [3.05, 3.63) is 55.4 Å². The minimum Gasteiger partial charge on any atom is -0.283 e. The first-order valence-electron chi connectivity index (χ1n) is 6.25. The SMILES string of the molecule is C=CCN1NC2C(=O)N(c3ccccc3)C=CN2C1=O. The third-order valence-corrected chi connectivity index (χ3v) is 3.20. The van der Waals surface area contributed by atoms with Gasteiger partial charge in [0.05, 0.1) is 6.54 Å². The van der Waals surface area contributed by atoms with E-state index in [1.165, 1.54) is 14.8 Å². The minimum absolute atomic E-state index is 0.196. The van der Waals surface area contributed by atoms with Crippen molar-refractivity contribution in [3.63, 3.8) is 0 Å². The molecule has 6 heteroatoms. The average Bonchev–Trinajstić information content (AvgIpc) is 2.79. The lowest BCUT2D eigenvalue weighted by Crippen LogP contribution is -2.51. The first-order chi connectivity index (χ1) is 9.72. The average molecular weight is 270 g/mol. The van der Waals surface area contributed by atoms with E-state index >= 15 is 0 Å². The number of fused-ring (bicyclic) bond motifs is 1. The Labute approximate surface area is 116 Å². The van der Waals surface area contributed by atoms with Gasteiger partial charge in [-0.3, -0.25) is 19.6 Å². The van der Waals surface area contributed by atoms with Gasteiger partial charge in [-0.05, 0) is 12.1 Å². The van der Waals surface area contributed by atoms with Gasteiger partial charge >= 0.3 is 6.03 Å². The lowest BCUT2D eigenvalue weighted by molar-refractivity contribution is -0.122. The van der Waals surface area contributed by atoms with Crippen molar-refractivity contribution < 1.29 is 9.59 Å². The molecule has 0 spiro atoms. The van der Waals surface area contributed by atoms with Crippen LogP contribution in [-0.4, -0.2) is 34.6 Å². The Hall–Kier alpha value is -2.60. The summed E-state index contributed by atoms with van der Waals surface area (Å²) in [6.45, 7) is 3.94. The molecule has 20 heavy (non-hydrogen) atoms. The van der Waals surface area contributed by atoms with Gasteiger partial charge in [-0.25, -0.2) is 4.79 Å². The monoisotopic (exact) mass is 270 g/mol. The van der Waals surface area contributed by atoms with E-state index in [1.807, 2.05) is 30.3 Å². The molecule has 1 aromatic carbocycles. The number of nitrogens with one attached hydrogen (secondary N) is 1. The normalized spacial score (nSPS) is 21.4. The van der Waals surface area contributed by atoms with E-state index in [-0.39, 0.29) is 11.9 Å². The molecule has 3 rings (SSSR count). The van der Waals surface area contributed by atoms with Gasteiger partial charge in [0.25, 0.3) is 5.91 Å². The number of benzene rings is 1. The van der Waals surface area contributed by atoms with Crippen molar-refractivity contribution in [3.8, 4) is 0 Å². The quantitative estimate of drug-likeness (QED) is 0.841. The highest BCUT2D eigenvalue weighted by Crippen LogP contribution is 2.23. The van der Waals surface area contributed by atoms with Gasteiger partial charge in [-0.1, -0.05) is 24.3 Å². The molecule has 0 bridgehead atoms. The highest BCUT2D eigenvalue weighted by Gasteiger charge is 2.43. The third kappa shape index (κ3) is 1.86. The van der Waals surface area contributed by atoms with Crippen LogP contribution in [0.4, 0.5) is 10.5 Å². The smallest absolute Gasteiger partial charge is 0.283 e. The number of carbonyl (C=O) groups is 2. The molecule has 1 unspecified atom stereocenters. The fourth-order valence-electron chi connectivity index (χ4n) is 2.24. The second-order valence-electron chi connectivity index (χ2n) is 4.46. The maximum atomic E-state index is 12.5. The summed E-state index contributed by atoms with van der Waals surface area (Å²) in [6, 6.07) is 9.04. The van der Waals surface area contributed by atoms with E-state index in [2.05, 4.69) is 12.0 Å². The molecular weight excluding hydrogens is 256 g/mol. The topological polar surface area (TPSA) is 55.9 Å². The number of hydrazine groups is 1. The van der Waals surface area contributed by atoms with Gasteiger partial charge in [0.1, 0.15) is 0 Å². The van der Waals surface area contributed by atoms with Crippen molar-refractivity contribution >= 4 is 17.6 Å². The second-order valence-corrected chi connectivity index (χ2v) is 4.46. The standard InChI is InChI=1S/C14H14N4O2/c1-2-8-18-14(20)17-10-9-16(13(19)12(17)15-18)11-6-4-3-5-7-11/h2-7,9-10,12,15H,1,8H2. The Kier molecular flexibility index (Phi) is 3.00. The fraction of sp³-hybridized carbons (Fsp3) is 0.143. The van der Waals surface area contributed by atoms with Crippen LogP contribution in [0, 0.1) is 0 Å². The summed E-state index contributed by atoms with van der Waals surface area (Å²) in [5.74, 6) is -0.196. The zero-order chi connectivity index (χ0) is 14.1. The predicted octanol–water partition coefficient (Wildman–Crippen LogP) is 1.26. The summed E-state index contributed by atoms with van der Waals surface area (Å²) in [6.07, 6.45) is 4.11. The molecule has 0 saturated carbocycles. The molecular formula is C14H14N4O2. The first-order valence-corrected chi connectivity index (χ1v) is 6.25. The molecule has 0 aromatic heterocycles. The number of hydrogen-bond donors (Lipinski definition) is 1. The maximum absolute atomic E-state index is 12.5. The van der Waals surface area contributed by atoms with Crippen LogP contribution >= 0.6 is 0 Å². The molecule has 1 aromatic rings. The van der Waals surface area contributed by atoms with Crippen LogP contribution in [0.1, 0.15) is 0 Å². The summed E-state index contributed by atoms with van der Waals surface area (Å²) >= 11 is 0. The second kappa shape index (κ2) is 4.82. The van der Waals surface area contributed by atoms with Crippen LogP contribution in [0.5, 0.6) is 0 Å². The molecule has 1 atom stereocenters. The molecule has 3 amide bonds. The van der Waals surface area contributed by atoms with Crippen molar-refractivity contribution in [2.45, 2.75) is 6.17 Å². The number of urea groups is 1. The van der Waals surface area contributed by atoms with Crippen LogP contribution in [0.2, 0.25) is 0 Å². The minimum atomic E-state index is -0.701. The Bertz CT molecular complexity index is 584. The number of carbonyl (C=O) groups excluding carboxylic acids is 2. The van der Waals surface area contributed by atoms with E-state index in [1.54, 1.807) is 18.5 Å². The maximum Gasteiger partial charge on any atom is 0.340 e. The van der Waals surface area contributed by atoms with Crippen LogP contribution in [0.25, 0.3) is 0 Å². The predicted molar refractivity (Wildman–Crippen MR) is 74.1 cm³/mol. The van der Waals surface area contributed by atoms with Gasteiger partial charge in [0.15, 0.2) is 6.17 Å². The highest BCUT2D eigenvalue weighted by atomic mass is 16.2. The third-order valence-electron chi connectivity index (χ3n) is 3.20. The number of hydrogen-bond acceptors (Lipinski definition) is 3. The number of para-hydroxylation sites is 1. The van der Waals surface area contributed by atoms with Crippen LogP contribution in [0.3, 0.4) is 0 Å². The van der Waals surface area contributed by atoms with Gasteiger partial charge < -0.3 is 0 Å². The van der Waals surface area contributed by atoms with Crippen molar-refractivity contribution in [2.75, 3.05) is 11.4 Å². The lowest BCUT2D eigenvalue weighted by atomic mass is 10.2. The summed E-state index contributed by atoms with van der Waals surface area (Å²) in [5, 5.41) is 1.37. The number of amides is 3. The van der Waals surface area contributed by atoms with Gasteiger partial charge in [0, 0.05) is 18.1 Å². The fourth-order valence-corrected chi connectivity index (χ4v) is 2.24. The first kappa shape index (κ1) is 12.4. The molecule has 0 radical (unpaired) electrons. The Morgan fingerprint density at radius 3 is 2.65 bits per heavy atom. The molecule has 1 fully saturated rings. The van der Waals surface area contributed by atoms with Gasteiger partial charge in [-0.15, -0.1) is 6.58 Å². The zero-order valence-electron chi connectivity index (χ0n) is 10.8. The van der Waals surface area contributed by atoms with E-state index in [0.29, 0.717) is 6.54 Å². The van der Waals surface area contributed by atoms with E-state index in [9.17, 15) is 9.59 Å². The summed E-state index contributed by atoms with van der Waals surface area (Å²) in [5.41, 5.74) is 3.66. The summed E-state index contributed by atoms with van der Waals surface area (Å²) in [4.78, 5) is 27.4. The molecule has 102 valence electrons. The van der Waals surface area contributed by atoms with Gasteiger partial charge in [0.2, 0.25) is 0 Å². The number of nitrogens with zero attached hydrogens (tertiary/aromatic N) is 3. The largest absolute Gasteiger partial charge is 0.340 e.